The summed E-state index contributed by atoms with van der Waals surface area (Å²) in [7, 11) is 1.59. The summed E-state index contributed by atoms with van der Waals surface area (Å²) < 4.78 is 13.0. The normalized spacial score (nSPS) is 10.5. The molecule has 0 heterocycles. The molecule has 0 bridgehead atoms. The van der Waals surface area contributed by atoms with Gasteiger partial charge >= 0.3 is 0 Å². The van der Waals surface area contributed by atoms with Crippen molar-refractivity contribution in [2.45, 2.75) is 6.42 Å². The van der Waals surface area contributed by atoms with Crippen LogP contribution < -0.4 is 10.6 Å². The number of likely N-dealkylation sites (N-methyl/N-ethyl adjacent to an activating group) is 1. The van der Waals surface area contributed by atoms with E-state index in [0.717, 1.165) is 5.56 Å². The molecule has 2 amide bonds. The maximum absolute atomic E-state index is 13.0. The average Bonchev–Trinajstić information content (AvgIpc) is 2.55. The lowest BCUT2D eigenvalue weighted by atomic mass is 10.1. The molecule has 2 N–H and O–H groups in total. The van der Waals surface area contributed by atoms with Gasteiger partial charge < -0.3 is 10.6 Å². The summed E-state index contributed by atoms with van der Waals surface area (Å²) >= 11 is 0. The van der Waals surface area contributed by atoms with E-state index in [9.17, 15) is 14.0 Å². The van der Waals surface area contributed by atoms with Crippen molar-refractivity contribution in [1.82, 2.24) is 5.32 Å². The minimum atomic E-state index is -0.348. The number of hydrogen-bond acceptors (Lipinski definition) is 2. The molecule has 5 heteroatoms. The van der Waals surface area contributed by atoms with Crippen molar-refractivity contribution in [3.63, 3.8) is 0 Å². The van der Waals surface area contributed by atoms with Crippen LogP contribution in [0.5, 0.6) is 0 Å². The van der Waals surface area contributed by atoms with Gasteiger partial charge in [0.25, 0.3) is 0 Å². The molecule has 2 aromatic carbocycles. The van der Waals surface area contributed by atoms with Crippen LogP contribution in [0.4, 0.5) is 10.1 Å². The lowest BCUT2D eigenvalue weighted by Gasteiger charge is -2.04. The Kier molecular flexibility index (Phi) is 5.63. The van der Waals surface area contributed by atoms with Crippen molar-refractivity contribution in [2.75, 3.05) is 12.4 Å². The first-order chi connectivity index (χ1) is 11.1. The number of carbonyl (C=O) groups excluding carboxylic acids is 2. The van der Waals surface area contributed by atoms with Crippen molar-refractivity contribution in [3.8, 4) is 0 Å². The second kappa shape index (κ2) is 7.89. The molecule has 23 heavy (non-hydrogen) atoms. The van der Waals surface area contributed by atoms with Crippen molar-refractivity contribution >= 4 is 23.6 Å². The molecule has 0 atom stereocenters. The van der Waals surface area contributed by atoms with Crippen molar-refractivity contribution in [2.24, 2.45) is 0 Å². The highest BCUT2D eigenvalue weighted by Gasteiger charge is 2.02. The first kappa shape index (κ1) is 16.4. The summed E-state index contributed by atoms with van der Waals surface area (Å²) in [5.41, 5.74) is 2.10. The zero-order chi connectivity index (χ0) is 16.7. The number of nitrogens with one attached hydrogen (secondary N) is 2. The molecule has 0 fully saturated rings. The third kappa shape index (κ3) is 5.39. The molecular formula is C18H17FN2O2. The molecular weight excluding hydrogens is 295 g/mol. The van der Waals surface area contributed by atoms with E-state index in [1.54, 1.807) is 49.5 Å². The van der Waals surface area contributed by atoms with E-state index < -0.39 is 0 Å². The fourth-order valence-corrected chi connectivity index (χ4v) is 1.95. The maximum Gasteiger partial charge on any atom is 0.248 e. The SMILES string of the molecule is CNC(=O)Cc1ccc(NC(=O)/C=C/c2cccc(F)c2)cc1. The number of anilines is 1. The van der Waals surface area contributed by atoms with Crippen LogP contribution >= 0.6 is 0 Å². The highest BCUT2D eigenvalue weighted by molar-refractivity contribution is 6.01. The number of carbonyl (C=O) groups is 2. The minimum Gasteiger partial charge on any atom is -0.359 e. The Morgan fingerprint density at radius 1 is 1.13 bits per heavy atom. The standard InChI is InChI=1S/C18H17FN2O2/c1-20-18(23)12-14-5-8-16(9-6-14)21-17(22)10-7-13-3-2-4-15(19)11-13/h2-11H,12H2,1H3,(H,20,23)(H,21,22)/b10-7+. The summed E-state index contributed by atoms with van der Waals surface area (Å²) in [6.45, 7) is 0. The summed E-state index contributed by atoms with van der Waals surface area (Å²) in [6, 6.07) is 13.0. The number of amides is 2. The number of benzene rings is 2. The highest BCUT2D eigenvalue weighted by Crippen LogP contribution is 2.11. The maximum atomic E-state index is 13.0. The monoisotopic (exact) mass is 312 g/mol. The molecule has 0 unspecified atom stereocenters. The third-order valence-electron chi connectivity index (χ3n) is 3.14. The second-order valence-corrected chi connectivity index (χ2v) is 4.92. The molecule has 118 valence electrons. The highest BCUT2D eigenvalue weighted by atomic mass is 19.1. The summed E-state index contributed by atoms with van der Waals surface area (Å²) in [4.78, 5) is 23.1. The molecule has 0 saturated heterocycles. The lowest BCUT2D eigenvalue weighted by Crippen LogP contribution is -2.19. The predicted octanol–water partition coefficient (Wildman–Crippen LogP) is 2.77. The van der Waals surface area contributed by atoms with E-state index in [1.165, 1.54) is 18.2 Å². The third-order valence-corrected chi connectivity index (χ3v) is 3.14. The summed E-state index contributed by atoms with van der Waals surface area (Å²) in [6.07, 6.45) is 3.18. The van der Waals surface area contributed by atoms with Gasteiger partial charge in [-0.1, -0.05) is 24.3 Å². The van der Waals surface area contributed by atoms with Crippen LogP contribution in [-0.2, 0) is 16.0 Å². The Labute approximate surface area is 134 Å². The van der Waals surface area contributed by atoms with Crippen LogP contribution in [0.25, 0.3) is 6.08 Å². The Balaban J connectivity index is 1.93. The summed E-state index contributed by atoms with van der Waals surface area (Å²) in [5, 5.41) is 5.25. The molecule has 2 aromatic rings. The van der Waals surface area contributed by atoms with Crippen LogP contribution in [0.2, 0.25) is 0 Å². The predicted molar refractivity (Wildman–Crippen MR) is 88.3 cm³/mol. The van der Waals surface area contributed by atoms with Gasteiger partial charge in [-0.2, -0.15) is 0 Å². The molecule has 0 aliphatic heterocycles. The molecule has 0 aliphatic rings. The van der Waals surface area contributed by atoms with E-state index in [4.69, 9.17) is 0 Å². The fourth-order valence-electron chi connectivity index (χ4n) is 1.95. The van der Waals surface area contributed by atoms with Gasteiger partial charge in [0.2, 0.25) is 11.8 Å². The molecule has 2 rings (SSSR count). The van der Waals surface area contributed by atoms with Crippen LogP contribution in [0.15, 0.2) is 54.6 Å². The van der Waals surface area contributed by atoms with Gasteiger partial charge in [0.15, 0.2) is 0 Å². The molecule has 0 radical (unpaired) electrons. The van der Waals surface area contributed by atoms with Crippen LogP contribution in [-0.4, -0.2) is 18.9 Å². The molecule has 0 saturated carbocycles. The fraction of sp³-hybridized carbons (Fsp3) is 0.111. The molecule has 4 nitrogen and oxygen atoms in total. The first-order valence-electron chi connectivity index (χ1n) is 7.11. The molecule has 0 aromatic heterocycles. The molecule has 0 spiro atoms. The number of hydrogen-bond donors (Lipinski definition) is 2. The minimum absolute atomic E-state index is 0.0696. The number of halogens is 1. The Bertz CT molecular complexity index is 724. The van der Waals surface area contributed by atoms with Gasteiger partial charge in [-0.05, 0) is 41.5 Å². The van der Waals surface area contributed by atoms with Crippen LogP contribution in [0.3, 0.4) is 0 Å². The van der Waals surface area contributed by atoms with E-state index in [1.807, 2.05) is 0 Å². The smallest absolute Gasteiger partial charge is 0.248 e. The first-order valence-corrected chi connectivity index (χ1v) is 7.11. The van der Waals surface area contributed by atoms with Crippen molar-refractivity contribution < 1.29 is 14.0 Å². The van der Waals surface area contributed by atoms with Gasteiger partial charge in [-0.3, -0.25) is 9.59 Å². The van der Waals surface area contributed by atoms with E-state index in [-0.39, 0.29) is 17.6 Å². The second-order valence-electron chi connectivity index (χ2n) is 4.92. The molecule has 0 aliphatic carbocycles. The number of rotatable bonds is 5. The topological polar surface area (TPSA) is 58.2 Å². The van der Waals surface area contributed by atoms with Gasteiger partial charge in [0.1, 0.15) is 5.82 Å². The van der Waals surface area contributed by atoms with Crippen molar-refractivity contribution in [1.29, 1.82) is 0 Å². The average molecular weight is 312 g/mol. The van der Waals surface area contributed by atoms with Crippen molar-refractivity contribution in [3.05, 3.63) is 71.6 Å². The van der Waals surface area contributed by atoms with E-state index in [0.29, 0.717) is 17.7 Å². The quantitative estimate of drug-likeness (QED) is 0.834. The van der Waals surface area contributed by atoms with Crippen LogP contribution in [0.1, 0.15) is 11.1 Å². The van der Waals surface area contributed by atoms with Gasteiger partial charge in [0.05, 0.1) is 6.42 Å². The van der Waals surface area contributed by atoms with Gasteiger partial charge in [-0.25, -0.2) is 4.39 Å². The van der Waals surface area contributed by atoms with Gasteiger partial charge in [-0.15, -0.1) is 0 Å². The Hall–Kier alpha value is -2.95. The van der Waals surface area contributed by atoms with Crippen LogP contribution in [0, 0.1) is 5.82 Å². The van der Waals surface area contributed by atoms with E-state index >= 15 is 0 Å². The Morgan fingerprint density at radius 2 is 1.87 bits per heavy atom. The largest absolute Gasteiger partial charge is 0.359 e. The van der Waals surface area contributed by atoms with E-state index in [2.05, 4.69) is 10.6 Å². The zero-order valence-electron chi connectivity index (χ0n) is 12.7. The zero-order valence-corrected chi connectivity index (χ0v) is 12.7. The van der Waals surface area contributed by atoms with Gasteiger partial charge in [0, 0.05) is 18.8 Å². The Morgan fingerprint density at radius 3 is 2.52 bits per heavy atom. The lowest BCUT2D eigenvalue weighted by molar-refractivity contribution is -0.120. The summed E-state index contributed by atoms with van der Waals surface area (Å²) in [5.74, 6) is -0.729.